The maximum Gasteiger partial charge on any atom is 0.264 e. The van der Waals surface area contributed by atoms with E-state index in [2.05, 4.69) is 10.6 Å². The zero-order valence-corrected chi connectivity index (χ0v) is 22.7. The molecular weight excluding hydrogens is 537 g/mol. The quantitative estimate of drug-likeness (QED) is 0.376. The number of nitrogens with one attached hydrogen (secondary N) is 2. The van der Waals surface area contributed by atoms with Crippen LogP contribution in [0.15, 0.2) is 65.6 Å². The summed E-state index contributed by atoms with van der Waals surface area (Å²) in [5, 5.41) is 5.02. The van der Waals surface area contributed by atoms with Crippen molar-refractivity contribution in [2.24, 2.45) is 0 Å². The number of amides is 2. The van der Waals surface area contributed by atoms with E-state index in [0.29, 0.717) is 5.75 Å². The first kappa shape index (κ1) is 28.7. The van der Waals surface area contributed by atoms with Crippen molar-refractivity contribution in [2.45, 2.75) is 24.8 Å². The number of hydrogen-bond acceptors (Lipinski definition) is 6. The average Bonchev–Trinajstić information content (AvgIpc) is 2.88. The normalized spacial score (nSPS) is 11.1. The second kappa shape index (κ2) is 12.1. The summed E-state index contributed by atoms with van der Waals surface area (Å²) in [5.74, 6) is -1.46. The lowest BCUT2D eigenvalue weighted by Crippen LogP contribution is -2.38. The lowest BCUT2D eigenvalue weighted by atomic mass is 10.1. The van der Waals surface area contributed by atoms with Crippen molar-refractivity contribution in [2.75, 3.05) is 30.4 Å². The number of sulfonamides is 1. The van der Waals surface area contributed by atoms with Crippen molar-refractivity contribution in [1.82, 2.24) is 5.32 Å². The molecule has 3 aromatic carbocycles. The molecule has 0 fully saturated rings. The van der Waals surface area contributed by atoms with E-state index in [1.54, 1.807) is 26.0 Å². The number of halogens is 2. The zero-order chi connectivity index (χ0) is 28.0. The van der Waals surface area contributed by atoms with E-state index in [-0.39, 0.29) is 38.6 Å². The van der Waals surface area contributed by atoms with Crippen LogP contribution in [-0.2, 0) is 14.8 Å². The molecule has 12 heteroatoms. The molecule has 0 saturated carbocycles. The maximum absolute atomic E-state index is 13.9. The molecule has 0 atom stereocenters. The number of rotatable bonds is 10. The van der Waals surface area contributed by atoms with Gasteiger partial charge in [-0.2, -0.15) is 0 Å². The number of anilines is 2. The first-order valence-corrected chi connectivity index (χ1v) is 13.2. The molecule has 0 radical (unpaired) electrons. The molecule has 0 aliphatic rings. The number of benzene rings is 3. The number of hydrogen-bond donors (Lipinski definition) is 2. The summed E-state index contributed by atoms with van der Waals surface area (Å²) in [7, 11) is -1.64. The molecule has 0 aromatic heterocycles. The number of methoxy groups -OCH3 is 2. The van der Waals surface area contributed by atoms with E-state index in [9.17, 15) is 22.4 Å². The summed E-state index contributed by atoms with van der Waals surface area (Å²) in [5.41, 5.74) is 0.345. The second-order valence-corrected chi connectivity index (χ2v) is 10.6. The Morgan fingerprint density at radius 3 is 2.32 bits per heavy atom. The third-order valence-corrected chi connectivity index (χ3v) is 7.35. The topological polar surface area (TPSA) is 114 Å². The average molecular weight is 564 g/mol. The minimum absolute atomic E-state index is 0.0489. The van der Waals surface area contributed by atoms with E-state index in [1.165, 1.54) is 50.6 Å². The Morgan fingerprint density at radius 1 is 1.00 bits per heavy atom. The fourth-order valence-corrected chi connectivity index (χ4v) is 5.11. The van der Waals surface area contributed by atoms with Gasteiger partial charge in [0.1, 0.15) is 12.4 Å². The number of nitrogens with zero attached hydrogens (tertiary/aromatic N) is 1. The lowest BCUT2D eigenvalue weighted by molar-refractivity contribution is -0.114. The molecule has 0 bridgehead atoms. The smallest absolute Gasteiger partial charge is 0.264 e. The van der Waals surface area contributed by atoms with Crippen molar-refractivity contribution in [3.63, 3.8) is 0 Å². The van der Waals surface area contributed by atoms with Gasteiger partial charge in [-0.25, -0.2) is 12.8 Å². The molecule has 9 nitrogen and oxygen atoms in total. The number of carbonyl (C=O) groups excluding carboxylic acids is 2. The molecule has 2 N–H and O–H groups in total. The summed E-state index contributed by atoms with van der Waals surface area (Å²) >= 11 is 5.93. The molecule has 0 saturated heterocycles. The highest BCUT2D eigenvalue weighted by molar-refractivity contribution is 7.92. The van der Waals surface area contributed by atoms with Gasteiger partial charge in [-0.15, -0.1) is 0 Å². The van der Waals surface area contributed by atoms with Crippen LogP contribution in [0.1, 0.15) is 24.2 Å². The van der Waals surface area contributed by atoms with Crippen LogP contribution in [0.5, 0.6) is 11.5 Å². The number of carbonyl (C=O) groups is 2. The van der Waals surface area contributed by atoms with Crippen LogP contribution in [0.2, 0.25) is 5.02 Å². The Hall–Kier alpha value is -3.83. The molecule has 0 unspecified atom stereocenters. The van der Waals surface area contributed by atoms with Crippen LogP contribution < -0.4 is 24.4 Å². The van der Waals surface area contributed by atoms with Crippen molar-refractivity contribution in [3.05, 3.63) is 77.1 Å². The predicted octanol–water partition coefficient (Wildman–Crippen LogP) is 4.47. The van der Waals surface area contributed by atoms with E-state index in [1.807, 2.05) is 0 Å². The fourth-order valence-electron chi connectivity index (χ4n) is 3.51. The summed E-state index contributed by atoms with van der Waals surface area (Å²) in [4.78, 5) is 25.5. The van der Waals surface area contributed by atoms with Gasteiger partial charge in [0.2, 0.25) is 5.91 Å². The van der Waals surface area contributed by atoms with Crippen LogP contribution in [0, 0.1) is 5.82 Å². The lowest BCUT2D eigenvalue weighted by Gasteiger charge is -2.25. The van der Waals surface area contributed by atoms with E-state index in [0.717, 1.165) is 16.4 Å². The van der Waals surface area contributed by atoms with Gasteiger partial charge in [-0.3, -0.25) is 13.9 Å². The van der Waals surface area contributed by atoms with Crippen LogP contribution in [-0.4, -0.2) is 47.0 Å². The highest BCUT2D eigenvalue weighted by Gasteiger charge is 2.29. The molecule has 202 valence electrons. The SMILES string of the molecule is COc1ccc(S(=O)(=O)N(CC(=O)Nc2ccccc2C(=O)NC(C)C)c2ccc(F)c(Cl)c2)cc1OC. The summed E-state index contributed by atoms with van der Waals surface area (Å²) in [6, 6.07) is 13.4. The Labute approximate surface area is 225 Å². The molecular formula is C26H27ClFN3O6S. The Bertz CT molecular complexity index is 1450. The second-order valence-electron chi connectivity index (χ2n) is 8.35. The van der Waals surface area contributed by atoms with Gasteiger partial charge in [-0.1, -0.05) is 23.7 Å². The largest absolute Gasteiger partial charge is 0.493 e. The minimum atomic E-state index is -4.39. The van der Waals surface area contributed by atoms with E-state index < -0.39 is 34.2 Å². The Balaban J connectivity index is 2.01. The maximum atomic E-state index is 13.9. The third kappa shape index (κ3) is 6.53. The van der Waals surface area contributed by atoms with E-state index in [4.69, 9.17) is 21.1 Å². The molecule has 0 heterocycles. The third-order valence-electron chi connectivity index (χ3n) is 5.29. The summed E-state index contributed by atoms with van der Waals surface area (Å²) in [6.45, 7) is 2.88. The highest BCUT2D eigenvalue weighted by atomic mass is 35.5. The van der Waals surface area contributed by atoms with Gasteiger partial charge in [0.25, 0.3) is 15.9 Å². The fraction of sp³-hybridized carbons (Fsp3) is 0.231. The zero-order valence-electron chi connectivity index (χ0n) is 21.1. The molecule has 2 amide bonds. The number of para-hydroxylation sites is 1. The van der Waals surface area contributed by atoms with Gasteiger partial charge in [0.15, 0.2) is 11.5 Å². The monoisotopic (exact) mass is 563 g/mol. The molecule has 3 rings (SSSR count). The van der Waals surface area contributed by atoms with Crippen LogP contribution in [0.4, 0.5) is 15.8 Å². The standard InChI is InChI=1S/C26H27ClFN3O6S/c1-16(2)29-26(33)19-7-5-6-8-22(19)30-25(32)15-31(17-9-11-21(28)20(27)13-17)38(34,35)18-10-12-23(36-3)24(14-18)37-4/h5-14,16H,15H2,1-4H3,(H,29,33)(H,30,32). The Morgan fingerprint density at radius 2 is 1.68 bits per heavy atom. The van der Waals surface area contributed by atoms with E-state index >= 15 is 0 Å². The minimum Gasteiger partial charge on any atom is -0.493 e. The van der Waals surface area contributed by atoms with Gasteiger partial charge in [0.05, 0.1) is 41.1 Å². The highest BCUT2D eigenvalue weighted by Crippen LogP contribution is 2.33. The first-order valence-electron chi connectivity index (χ1n) is 11.4. The van der Waals surface area contributed by atoms with Crippen molar-refractivity contribution in [3.8, 4) is 11.5 Å². The summed E-state index contributed by atoms with van der Waals surface area (Å²) < 4.78 is 52.5. The van der Waals surface area contributed by atoms with Crippen molar-refractivity contribution in [1.29, 1.82) is 0 Å². The van der Waals surface area contributed by atoms with Gasteiger partial charge >= 0.3 is 0 Å². The predicted molar refractivity (Wildman–Crippen MR) is 143 cm³/mol. The molecule has 38 heavy (non-hydrogen) atoms. The van der Waals surface area contributed by atoms with Gasteiger partial charge in [0, 0.05) is 12.1 Å². The first-order chi connectivity index (χ1) is 18.0. The molecule has 0 aliphatic carbocycles. The molecule has 0 aliphatic heterocycles. The molecule has 3 aromatic rings. The van der Waals surface area contributed by atoms with Gasteiger partial charge in [-0.05, 0) is 56.3 Å². The summed E-state index contributed by atoms with van der Waals surface area (Å²) in [6.07, 6.45) is 0. The molecule has 0 spiro atoms. The van der Waals surface area contributed by atoms with Crippen LogP contribution in [0.3, 0.4) is 0 Å². The van der Waals surface area contributed by atoms with Crippen LogP contribution >= 0.6 is 11.6 Å². The van der Waals surface area contributed by atoms with Crippen molar-refractivity contribution >= 4 is 44.8 Å². The van der Waals surface area contributed by atoms with Crippen molar-refractivity contribution < 1.29 is 31.9 Å². The number of ether oxygens (including phenoxy) is 2. The van der Waals surface area contributed by atoms with Crippen LogP contribution in [0.25, 0.3) is 0 Å². The van der Waals surface area contributed by atoms with Gasteiger partial charge < -0.3 is 20.1 Å². The Kier molecular flexibility index (Phi) is 9.18.